The van der Waals surface area contributed by atoms with E-state index >= 15 is 0 Å². The third-order valence-electron chi connectivity index (χ3n) is 3.67. The maximum atomic E-state index is 3.58. The zero-order chi connectivity index (χ0) is 13.5. The number of dihydropyridines is 1. The Hall–Kier alpha value is -2.00. The lowest BCUT2D eigenvalue weighted by Crippen LogP contribution is -2.19. The third-order valence-corrected chi connectivity index (χ3v) is 4.16. The normalized spacial score (nSPS) is 14.6. The van der Waals surface area contributed by atoms with E-state index in [-0.39, 0.29) is 0 Å². The highest BCUT2D eigenvalue weighted by Gasteiger charge is 2.13. The van der Waals surface area contributed by atoms with E-state index in [1.54, 1.807) is 0 Å². The minimum absolute atomic E-state index is 0.869. The van der Waals surface area contributed by atoms with Crippen LogP contribution in [0.2, 0.25) is 0 Å². The Morgan fingerprint density at radius 3 is 2.70 bits per heavy atom. The van der Waals surface area contributed by atoms with Crippen molar-refractivity contribution in [2.24, 2.45) is 0 Å². The van der Waals surface area contributed by atoms with E-state index < -0.39 is 0 Å². The van der Waals surface area contributed by atoms with Crippen molar-refractivity contribution in [3.63, 3.8) is 0 Å². The van der Waals surface area contributed by atoms with Gasteiger partial charge in [0, 0.05) is 21.8 Å². The number of nitrogens with one attached hydrogen (secondary N) is 1. The van der Waals surface area contributed by atoms with Crippen LogP contribution >= 0.6 is 15.9 Å². The van der Waals surface area contributed by atoms with E-state index in [0.29, 0.717) is 0 Å². The van der Waals surface area contributed by atoms with Gasteiger partial charge in [-0.05, 0) is 24.3 Å². The van der Waals surface area contributed by atoms with Crippen LogP contribution in [0.5, 0.6) is 0 Å². The molecule has 4 rings (SSSR count). The number of hydrogen-bond donors (Lipinski definition) is 1. The lowest BCUT2D eigenvalue weighted by atomic mass is 10.2. The summed E-state index contributed by atoms with van der Waals surface area (Å²) in [5.41, 5.74) is 2.45. The average molecular weight is 325 g/mol. The Morgan fingerprint density at radius 1 is 1.00 bits per heavy atom. The number of fused-ring (bicyclic) bond motifs is 3. The van der Waals surface area contributed by atoms with Gasteiger partial charge in [-0.15, -0.1) is 0 Å². The summed E-state index contributed by atoms with van der Waals surface area (Å²) in [6, 6.07) is 15.0. The molecule has 1 aliphatic heterocycles. The van der Waals surface area contributed by atoms with Crippen molar-refractivity contribution in [1.29, 1.82) is 0 Å². The second kappa shape index (κ2) is 4.53. The van der Waals surface area contributed by atoms with E-state index in [2.05, 4.69) is 86.5 Å². The molecule has 98 valence electrons. The van der Waals surface area contributed by atoms with Gasteiger partial charge in [0.15, 0.2) is 0 Å². The summed E-state index contributed by atoms with van der Waals surface area (Å²) < 4.78 is 3.39. The topological polar surface area (TPSA) is 17.0 Å². The Bertz CT molecular complexity index is 871. The van der Waals surface area contributed by atoms with Crippen LogP contribution < -0.4 is 5.32 Å². The molecule has 1 N–H and O–H groups in total. The van der Waals surface area contributed by atoms with Crippen molar-refractivity contribution >= 4 is 43.6 Å². The molecule has 0 radical (unpaired) electrons. The van der Waals surface area contributed by atoms with Gasteiger partial charge in [0.1, 0.15) is 5.82 Å². The lowest BCUT2D eigenvalue weighted by molar-refractivity contribution is 0.922. The van der Waals surface area contributed by atoms with E-state index in [1.807, 2.05) is 0 Å². The standard InChI is InChI=1S/C17H13BrN2/c18-12-8-9-14-13-5-1-2-6-15(13)20(16(14)11-12)17-7-3-4-10-19-17/h1-9,11,19H,10H2. The fourth-order valence-corrected chi connectivity index (χ4v) is 3.16. The van der Waals surface area contributed by atoms with E-state index in [0.717, 1.165) is 16.8 Å². The summed E-state index contributed by atoms with van der Waals surface area (Å²) in [5.74, 6) is 1.12. The maximum absolute atomic E-state index is 3.58. The lowest BCUT2D eigenvalue weighted by Gasteiger charge is -2.15. The van der Waals surface area contributed by atoms with Crippen LogP contribution in [0.1, 0.15) is 0 Å². The van der Waals surface area contributed by atoms with Crippen molar-refractivity contribution in [2.45, 2.75) is 0 Å². The van der Waals surface area contributed by atoms with Crippen LogP contribution in [0.15, 0.2) is 65.2 Å². The molecular weight excluding hydrogens is 312 g/mol. The zero-order valence-corrected chi connectivity index (χ0v) is 12.4. The van der Waals surface area contributed by atoms with E-state index in [9.17, 15) is 0 Å². The molecule has 0 atom stereocenters. The number of aromatic nitrogens is 1. The average Bonchev–Trinajstić information content (AvgIpc) is 2.81. The summed E-state index contributed by atoms with van der Waals surface area (Å²) >= 11 is 3.58. The first-order valence-electron chi connectivity index (χ1n) is 6.64. The van der Waals surface area contributed by atoms with Gasteiger partial charge in [0.25, 0.3) is 0 Å². The highest BCUT2D eigenvalue weighted by atomic mass is 79.9. The van der Waals surface area contributed by atoms with Gasteiger partial charge in [0.2, 0.25) is 0 Å². The van der Waals surface area contributed by atoms with Crippen LogP contribution in [0, 0.1) is 0 Å². The predicted molar refractivity (Wildman–Crippen MR) is 88.6 cm³/mol. The first kappa shape index (κ1) is 11.8. The quantitative estimate of drug-likeness (QED) is 0.696. The van der Waals surface area contributed by atoms with Crippen molar-refractivity contribution in [2.75, 3.05) is 6.54 Å². The van der Waals surface area contributed by atoms with Gasteiger partial charge >= 0.3 is 0 Å². The molecule has 0 bridgehead atoms. The van der Waals surface area contributed by atoms with Gasteiger partial charge in [-0.1, -0.05) is 52.3 Å². The van der Waals surface area contributed by atoms with E-state index in [1.165, 1.54) is 21.8 Å². The van der Waals surface area contributed by atoms with Gasteiger partial charge in [-0.25, -0.2) is 0 Å². The fraction of sp³-hybridized carbons (Fsp3) is 0.0588. The van der Waals surface area contributed by atoms with Crippen LogP contribution in [0.25, 0.3) is 27.6 Å². The molecule has 0 saturated carbocycles. The minimum Gasteiger partial charge on any atom is -0.368 e. The van der Waals surface area contributed by atoms with Crippen molar-refractivity contribution in [1.82, 2.24) is 9.88 Å². The minimum atomic E-state index is 0.869. The number of benzene rings is 2. The Balaban J connectivity index is 2.17. The van der Waals surface area contributed by atoms with Crippen molar-refractivity contribution < 1.29 is 0 Å². The molecule has 0 fully saturated rings. The molecule has 2 aromatic carbocycles. The van der Waals surface area contributed by atoms with Gasteiger partial charge in [-0.3, -0.25) is 4.57 Å². The summed E-state index contributed by atoms with van der Waals surface area (Å²) in [6.07, 6.45) is 6.34. The Kier molecular flexibility index (Phi) is 2.67. The van der Waals surface area contributed by atoms with Gasteiger partial charge < -0.3 is 5.32 Å². The number of nitrogens with zero attached hydrogens (tertiary/aromatic N) is 1. The SMILES string of the molecule is Brc1ccc2c3ccccc3n(C3=CC=CCN3)c2c1. The van der Waals surface area contributed by atoms with Crippen molar-refractivity contribution in [3.05, 3.63) is 65.2 Å². The van der Waals surface area contributed by atoms with Crippen LogP contribution in [-0.2, 0) is 0 Å². The predicted octanol–water partition coefficient (Wildman–Crippen LogP) is 4.51. The molecule has 2 nitrogen and oxygen atoms in total. The second-order valence-electron chi connectivity index (χ2n) is 4.87. The smallest absolute Gasteiger partial charge is 0.111 e. The first-order chi connectivity index (χ1) is 9.84. The molecule has 1 aromatic heterocycles. The van der Waals surface area contributed by atoms with Crippen LogP contribution in [-0.4, -0.2) is 11.1 Å². The van der Waals surface area contributed by atoms with Gasteiger partial charge in [0.05, 0.1) is 11.0 Å². The molecule has 20 heavy (non-hydrogen) atoms. The summed E-state index contributed by atoms with van der Waals surface area (Å²) in [4.78, 5) is 0. The fourth-order valence-electron chi connectivity index (χ4n) is 2.81. The first-order valence-corrected chi connectivity index (χ1v) is 7.44. The number of hydrogen-bond acceptors (Lipinski definition) is 1. The number of allylic oxidation sites excluding steroid dienone is 2. The van der Waals surface area contributed by atoms with Crippen LogP contribution in [0.4, 0.5) is 0 Å². The molecule has 2 heterocycles. The van der Waals surface area contributed by atoms with Crippen molar-refractivity contribution in [3.8, 4) is 0 Å². The van der Waals surface area contributed by atoms with Crippen LogP contribution in [0.3, 0.4) is 0 Å². The Morgan fingerprint density at radius 2 is 1.85 bits per heavy atom. The molecular formula is C17H13BrN2. The van der Waals surface area contributed by atoms with Gasteiger partial charge in [-0.2, -0.15) is 0 Å². The molecule has 0 saturated heterocycles. The molecule has 0 amide bonds. The molecule has 0 aliphatic carbocycles. The largest absolute Gasteiger partial charge is 0.368 e. The Labute approximate surface area is 125 Å². The van der Waals surface area contributed by atoms with E-state index in [4.69, 9.17) is 0 Å². The molecule has 1 aliphatic rings. The molecule has 3 heteroatoms. The summed E-state index contributed by atoms with van der Waals surface area (Å²) in [5, 5.41) is 6.01. The molecule has 3 aromatic rings. The second-order valence-corrected chi connectivity index (χ2v) is 5.79. The molecule has 0 spiro atoms. The summed E-state index contributed by atoms with van der Waals surface area (Å²) in [6.45, 7) is 0.869. The maximum Gasteiger partial charge on any atom is 0.111 e. The molecule has 0 unspecified atom stereocenters. The highest BCUT2D eigenvalue weighted by Crippen LogP contribution is 2.32. The number of halogens is 1. The highest BCUT2D eigenvalue weighted by molar-refractivity contribution is 9.10. The monoisotopic (exact) mass is 324 g/mol. The third kappa shape index (κ3) is 1.70. The number of rotatable bonds is 1. The zero-order valence-electron chi connectivity index (χ0n) is 10.8. The number of para-hydroxylation sites is 1. The summed E-state index contributed by atoms with van der Waals surface area (Å²) in [7, 11) is 0.